The quantitative estimate of drug-likeness (QED) is 0.466. The SMILES string of the molecule is COc1ccc(S)cc1.C[C@]12CC[C@@H](O)C[C@H]1CC[C@@H]1[C@@H]2C(=O)C[C@@]2(C)[C@H]1CC[C@]2(O)C(=O)CO. The first-order valence-corrected chi connectivity index (χ1v) is 13.3. The van der Waals surface area contributed by atoms with Gasteiger partial charge in [0, 0.05) is 22.6 Å². The van der Waals surface area contributed by atoms with Gasteiger partial charge in [-0.1, -0.05) is 13.8 Å². The largest absolute Gasteiger partial charge is 0.497 e. The number of hydrogen-bond acceptors (Lipinski definition) is 7. The Morgan fingerprint density at radius 3 is 2.43 bits per heavy atom. The summed E-state index contributed by atoms with van der Waals surface area (Å²) in [6, 6.07) is 7.54. The molecule has 0 unspecified atom stereocenters. The number of carbonyl (C=O) groups is 2. The molecular formula is C28H40O6S. The van der Waals surface area contributed by atoms with E-state index in [2.05, 4.69) is 19.6 Å². The fourth-order valence-corrected chi connectivity index (χ4v) is 8.37. The Morgan fingerprint density at radius 2 is 1.80 bits per heavy atom. The van der Waals surface area contributed by atoms with Gasteiger partial charge in [0.05, 0.1) is 13.2 Å². The Bertz CT molecular complexity index is 949. The van der Waals surface area contributed by atoms with Gasteiger partial charge in [-0.2, -0.15) is 0 Å². The average Bonchev–Trinajstić information content (AvgIpc) is 3.10. The topological polar surface area (TPSA) is 104 Å². The summed E-state index contributed by atoms with van der Waals surface area (Å²) >= 11 is 4.11. The number of rotatable bonds is 3. The van der Waals surface area contributed by atoms with E-state index in [-0.39, 0.29) is 41.5 Å². The highest BCUT2D eigenvalue weighted by molar-refractivity contribution is 7.80. The third kappa shape index (κ3) is 4.36. The summed E-state index contributed by atoms with van der Waals surface area (Å²) < 4.78 is 4.94. The van der Waals surface area contributed by atoms with E-state index in [1.807, 2.05) is 31.2 Å². The zero-order valence-electron chi connectivity index (χ0n) is 21.1. The van der Waals surface area contributed by atoms with E-state index in [1.165, 1.54) is 0 Å². The lowest BCUT2D eigenvalue weighted by Gasteiger charge is -2.60. The number of hydrogen-bond donors (Lipinski definition) is 4. The van der Waals surface area contributed by atoms with E-state index in [9.17, 15) is 24.9 Å². The normalized spacial score (nSPS) is 42.1. The van der Waals surface area contributed by atoms with Crippen LogP contribution in [0, 0.1) is 34.5 Å². The van der Waals surface area contributed by atoms with Crippen LogP contribution in [0.1, 0.15) is 65.2 Å². The maximum atomic E-state index is 13.4. The summed E-state index contributed by atoms with van der Waals surface area (Å²) in [7, 11) is 1.65. The van der Waals surface area contributed by atoms with Gasteiger partial charge in [0.1, 0.15) is 23.7 Å². The summed E-state index contributed by atoms with van der Waals surface area (Å²) in [6.45, 7) is 3.46. The van der Waals surface area contributed by atoms with E-state index in [0.29, 0.717) is 12.3 Å². The fourth-order valence-electron chi connectivity index (χ4n) is 8.23. The molecule has 1 aromatic carbocycles. The lowest BCUT2D eigenvalue weighted by atomic mass is 9.44. The molecule has 0 amide bonds. The molecule has 0 heterocycles. The summed E-state index contributed by atoms with van der Waals surface area (Å²) in [5, 5.41) is 30.6. The van der Waals surface area contributed by atoms with Gasteiger partial charge < -0.3 is 20.1 Å². The highest BCUT2D eigenvalue weighted by Crippen LogP contribution is 2.67. The van der Waals surface area contributed by atoms with Crippen LogP contribution in [0.25, 0.3) is 0 Å². The number of carbonyl (C=O) groups excluding carboxylic acids is 2. The van der Waals surface area contributed by atoms with Crippen molar-refractivity contribution in [3.05, 3.63) is 24.3 Å². The van der Waals surface area contributed by atoms with Crippen molar-refractivity contribution in [1.82, 2.24) is 0 Å². The molecule has 0 aliphatic heterocycles. The second-order valence-corrected chi connectivity index (χ2v) is 12.2. The van der Waals surface area contributed by atoms with Crippen LogP contribution in [0.4, 0.5) is 0 Å². The number of ether oxygens (including phenoxy) is 1. The number of fused-ring (bicyclic) bond motifs is 5. The van der Waals surface area contributed by atoms with Crippen molar-refractivity contribution in [1.29, 1.82) is 0 Å². The van der Waals surface area contributed by atoms with Crippen molar-refractivity contribution < 1.29 is 29.6 Å². The molecule has 3 N–H and O–H groups in total. The molecule has 0 saturated heterocycles. The molecule has 8 atom stereocenters. The standard InChI is InChI=1S/C21H32O5.C7H8OS/c1-19-7-5-13(23)9-12(19)3-4-14-15-6-8-21(26,17(25)11-22)20(15,2)10-16(24)18(14)19;1-8-6-2-4-7(9)5-3-6/h12-15,18,22-23,26H,3-11H2,1-2H3;2-5,9H,1H3/t12-,13-,14+,15+,18-,19+,20+,21+;/m1./s1. The van der Waals surface area contributed by atoms with Gasteiger partial charge in [0.15, 0.2) is 5.78 Å². The van der Waals surface area contributed by atoms with Crippen molar-refractivity contribution in [3.8, 4) is 5.75 Å². The summed E-state index contributed by atoms with van der Waals surface area (Å²) in [5.74, 6) is 1.25. The Kier molecular flexibility index (Phi) is 7.47. The van der Waals surface area contributed by atoms with Gasteiger partial charge >= 0.3 is 0 Å². The van der Waals surface area contributed by atoms with Crippen molar-refractivity contribution in [2.45, 2.75) is 81.8 Å². The van der Waals surface area contributed by atoms with Gasteiger partial charge in [0.25, 0.3) is 0 Å². The zero-order valence-corrected chi connectivity index (χ0v) is 22.0. The zero-order chi connectivity index (χ0) is 25.6. The fraction of sp³-hybridized carbons (Fsp3) is 0.714. The van der Waals surface area contributed by atoms with Gasteiger partial charge in [-0.25, -0.2) is 0 Å². The monoisotopic (exact) mass is 504 g/mol. The molecule has 0 aromatic heterocycles. The van der Waals surface area contributed by atoms with Crippen LogP contribution in [0.5, 0.6) is 5.75 Å². The lowest BCUT2D eigenvalue weighted by molar-refractivity contribution is -0.180. The Hall–Kier alpha value is -1.41. The molecule has 0 radical (unpaired) electrons. The van der Waals surface area contributed by atoms with Crippen LogP contribution >= 0.6 is 12.6 Å². The highest BCUT2D eigenvalue weighted by Gasteiger charge is 2.68. The minimum Gasteiger partial charge on any atom is -0.497 e. The van der Waals surface area contributed by atoms with E-state index >= 15 is 0 Å². The number of aliphatic hydroxyl groups is 3. The second-order valence-electron chi connectivity index (χ2n) is 11.7. The van der Waals surface area contributed by atoms with E-state index in [4.69, 9.17) is 4.74 Å². The molecular weight excluding hydrogens is 464 g/mol. The van der Waals surface area contributed by atoms with E-state index in [0.717, 1.165) is 49.2 Å². The molecule has 4 aliphatic rings. The molecule has 0 bridgehead atoms. The first-order chi connectivity index (χ1) is 16.5. The molecule has 0 spiro atoms. The number of methoxy groups -OCH3 is 1. The van der Waals surface area contributed by atoms with Gasteiger partial charge in [-0.3, -0.25) is 9.59 Å². The van der Waals surface area contributed by atoms with Gasteiger partial charge in [0.2, 0.25) is 0 Å². The Labute approximate surface area is 213 Å². The van der Waals surface area contributed by atoms with Crippen LogP contribution in [-0.4, -0.2) is 52.3 Å². The molecule has 1 aromatic rings. The van der Waals surface area contributed by atoms with Crippen LogP contribution in [0.15, 0.2) is 29.2 Å². The molecule has 4 fully saturated rings. The second kappa shape index (κ2) is 9.81. The highest BCUT2D eigenvalue weighted by atomic mass is 32.1. The van der Waals surface area contributed by atoms with E-state index < -0.39 is 23.4 Å². The third-order valence-corrected chi connectivity index (χ3v) is 10.5. The number of aliphatic hydroxyl groups excluding tert-OH is 2. The molecule has 7 heteroatoms. The van der Waals surface area contributed by atoms with Crippen LogP contribution in [0.2, 0.25) is 0 Å². The predicted molar refractivity (Wildman–Crippen MR) is 135 cm³/mol. The van der Waals surface area contributed by atoms with Crippen LogP contribution < -0.4 is 4.74 Å². The number of thiol groups is 1. The molecule has 4 saturated carbocycles. The minimum atomic E-state index is -1.58. The predicted octanol–water partition coefficient (Wildman–Crippen LogP) is 3.85. The average molecular weight is 505 g/mol. The summed E-state index contributed by atoms with van der Waals surface area (Å²) in [4.78, 5) is 26.7. The molecule has 6 nitrogen and oxygen atoms in total. The summed E-state index contributed by atoms with van der Waals surface area (Å²) in [6.07, 6.45) is 5.47. The van der Waals surface area contributed by atoms with Crippen LogP contribution in [-0.2, 0) is 9.59 Å². The third-order valence-electron chi connectivity index (χ3n) is 10.2. The maximum Gasteiger partial charge on any atom is 0.190 e. The van der Waals surface area contributed by atoms with Crippen molar-refractivity contribution in [2.75, 3.05) is 13.7 Å². The van der Waals surface area contributed by atoms with Crippen molar-refractivity contribution >= 4 is 24.2 Å². The van der Waals surface area contributed by atoms with Crippen LogP contribution in [0.3, 0.4) is 0 Å². The van der Waals surface area contributed by atoms with Crippen molar-refractivity contribution in [2.24, 2.45) is 34.5 Å². The van der Waals surface area contributed by atoms with Gasteiger partial charge in [-0.05, 0) is 92.4 Å². The molecule has 194 valence electrons. The van der Waals surface area contributed by atoms with Crippen molar-refractivity contribution in [3.63, 3.8) is 0 Å². The Balaban J connectivity index is 0.000000271. The molecule has 5 rings (SSSR count). The lowest BCUT2D eigenvalue weighted by Crippen LogP contribution is -2.62. The first-order valence-electron chi connectivity index (χ1n) is 12.9. The smallest absolute Gasteiger partial charge is 0.190 e. The summed E-state index contributed by atoms with van der Waals surface area (Å²) in [5.41, 5.74) is -2.40. The first kappa shape index (κ1) is 26.6. The number of benzene rings is 1. The van der Waals surface area contributed by atoms with Gasteiger partial charge in [-0.15, -0.1) is 12.6 Å². The maximum absolute atomic E-state index is 13.4. The number of Topliss-reactive ketones (excluding diaryl/α,β-unsaturated/α-hetero) is 2. The minimum absolute atomic E-state index is 0.0154. The Morgan fingerprint density at radius 1 is 1.11 bits per heavy atom. The van der Waals surface area contributed by atoms with E-state index in [1.54, 1.807) is 7.11 Å². The molecule has 4 aliphatic carbocycles. The number of ketones is 2. The molecule has 35 heavy (non-hydrogen) atoms.